The van der Waals surface area contributed by atoms with Crippen LogP contribution in [0, 0.1) is 0 Å². The summed E-state index contributed by atoms with van der Waals surface area (Å²) in [5.41, 5.74) is 2.37. The zero-order valence-electron chi connectivity index (χ0n) is 15.3. The minimum Gasteiger partial charge on any atom is -0.489 e. The molecular weight excluding hydrogens is 350 g/mol. The lowest BCUT2D eigenvalue weighted by molar-refractivity contribution is 0.306. The van der Waals surface area contributed by atoms with E-state index in [0.717, 1.165) is 35.7 Å². The van der Waals surface area contributed by atoms with Gasteiger partial charge in [-0.2, -0.15) is 0 Å². The summed E-state index contributed by atoms with van der Waals surface area (Å²) in [4.78, 5) is 22.1. The number of ether oxygens (including phenoxy) is 1. The monoisotopic (exact) mass is 369 g/mol. The first-order valence-electron chi connectivity index (χ1n) is 9.44. The van der Waals surface area contributed by atoms with Gasteiger partial charge in [-0.25, -0.2) is 9.97 Å². The lowest BCUT2D eigenvalue weighted by Crippen LogP contribution is -2.23. The van der Waals surface area contributed by atoms with E-state index in [1.807, 2.05) is 54.6 Å². The standard InChI is InChI=1S/C23H19N3O2/c27-23-20-7-4-14-24-21(20)25-22(17-8-9-17)26(23)18-10-12-19(13-11-18)28-15-16-5-2-1-3-6-16/h1-7,10-14,17H,8-9,15H2. The average Bonchev–Trinajstić information content (AvgIpc) is 3.59. The van der Waals surface area contributed by atoms with Gasteiger partial charge in [0.2, 0.25) is 0 Å². The molecule has 0 atom stereocenters. The Morgan fingerprint density at radius 1 is 0.964 bits per heavy atom. The molecule has 0 N–H and O–H groups in total. The van der Waals surface area contributed by atoms with Crippen molar-refractivity contribution >= 4 is 11.0 Å². The Hall–Kier alpha value is -3.47. The van der Waals surface area contributed by atoms with E-state index in [-0.39, 0.29) is 5.56 Å². The summed E-state index contributed by atoms with van der Waals surface area (Å²) in [6, 6.07) is 21.2. The molecule has 138 valence electrons. The highest BCUT2D eigenvalue weighted by molar-refractivity contribution is 5.73. The third kappa shape index (κ3) is 3.16. The molecule has 0 amide bonds. The molecule has 5 heteroatoms. The fraction of sp³-hybridized carbons (Fsp3) is 0.174. The molecule has 2 aromatic heterocycles. The first-order chi connectivity index (χ1) is 13.8. The normalized spacial score (nSPS) is 13.6. The van der Waals surface area contributed by atoms with E-state index in [2.05, 4.69) is 4.98 Å². The third-order valence-corrected chi connectivity index (χ3v) is 4.96. The predicted octanol–water partition coefficient (Wildman–Crippen LogP) is 4.24. The predicted molar refractivity (Wildman–Crippen MR) is 108 cm³/mol. The van der Waals surface area contributed by atoms with Gasteiger partial charge in [-0.3, -0.25) is 9.36 Å². The summed E-state index contributed by atoms with van der Waals surface area (Å²) in [6.07, 6.45) is 3.79. The minimum atomic E-state index is -0.0713. The Morgan fingerprint density at radius 2 is 1.75 bits per heavy atom. The quantitative estimate of drug-likeness (QED) is 0.528. The van der Waals surface area contributed by atoms with Crippen molar-refractivity contribution in [2.45, 2.75) is 25.4 Å². The highest BCUT2D eigenvalue weighted by Gasteiger charge is 2.30. The number of aromatic nitrogens is 3. The third-order valence-electron chi connectivity index (χ3n) is 4.96. The number of hydrogen-bond donors (Lipinski definition) is 0. The number of fused-ring (bicyclic) bond motifs is 1. The Kier molecular flexibility index (Phi) is 4.13. The summed E-state index contributed by atoms with van der Waals surface area (Å²) in [5, 5.41) is 0.538. The Balaban J connectivity index is 1.49. The van der Waals surface area contributed by atoms with Gasteiger partial charge in [0, 0.05) is 12.1 Å². The SMILES string of the molecule is O=c1c2cccnc2nc(C2CC2)n1-c1ccc(OCc2ccccc2)cc1. The van der Waals surface area contributed by atoms with Crippen LogP contribution in [-0.2, 0) is 6.61 Å². The number of rotatable bonds is 5. The molecule has 5 rings (SSSR count). The first-order valence-corrected chi connectivity index (χ1v) is 9.44. The lowest BCUT2D eigenvalue weighted by atomic mass is 10.2. The largest absolute Gasteiger partial charge is 0.489 e. The Morgan fingerprint density at radius 3 is 2.50 bits per heavy atom. The second-order valence-electron chi connectivity index (χ2n) is 7.03. The summed E-state index contributed by atoms with van der Waals surface area (Å²) < 4.78 is 7.59. The van der Waals surface area contributed by atoms with Crippen LogP contribution in [0.15, 0.2) is 77.7 Å². The molecule has 2 aromatic carbocycles. The van der Waals surface area contributed by atoms with Crippen LogP contribution in [0.2, 0.25) is 0 Å². The molecule has 5 nitrogen and oxygen atoms in total. The second kappa shape index (κ2) is 6.93. The summed E-state index contributed by atoms with van der Waals surface area (Å²) in [6.45, 7) is 0.511. The topological polar surface area (TPSA) is 57.0 Å². The van der Waals surface area contributed by atoms with Crippen molar-refractivity contribution in [3.05, 3.63) is 94.7 Å². The van der Waals surface area contributed by atoms with E-state index in [0.29, 0.717) is 23.6 Å². The van der Waals surface area contributed by atoms with Crippen molar-refractivity contribution < 1.29 is 4.74 Å². The van der Waals surface area contributed by atoms with Gasteiger partial charge in [0.1, 0.15) is 18.2 Å². The average molecular weight is 369 g/mol. The van der Waals surface area contributed by atoms with Gasteiger partial charge in [-0.15, -0.1) is 0 Å². The molecule has 0 unspecified atom stereocenters. The van der Waals surface area contributed by atoms with Crippen LogP contribution in [0.3, 0.4) is 0 Å². The molecule has 28 heavy (non-hydrogen) atoms. The van der Waals surface area contributed by atoms with Crippen molar-refractivity contribution in [2.24, 2.45) is 0 Å². The van der Waals surface area contributed by atoms with Crippen LogP contribution in [0.25, 0.3) is 16.7 Å². The van der Waals surface area contributed by atoms with E-state index in [1.54, 1.807) is 22.9 Å². The fourth-order valence-electron chi connectivity index (χ4n) is 3.33. The Bertz CT molecular complexity index is 1180. The zero-order chi connectivity index (χ0) is 18.9. The minimum absolute atomic E-state index is 0.0713. The van der Waals surface area contributed by atoms with Crippen molar-refractivity contribution in [3.8, 4) is 11.4 Å². The lowest BCUT2D eigenvalue weighted by Gasteiger charge is -2.13. The van der Waals surface area contributed by atoms with E-state index >= 15 is 0 Å². The van der Waals surface area contributed by atoms with Gasteiger partial charge < -0.3 is 4.74 Å². The first kappa shape index (κ1) is 16.7. The maximum atomic E-state index is 13.1. The van der Waals surface area contributed by atoms with Gasteiger partial charge in [-0.05, 0) is 54.8 Å². The van der Waals surface area contributed by atoms with E-state index in [4.69, 9.17) is 9.72 Å². The molecule has 4 aromatic rings. The van der Waals surface area contributed by atoms with Crippen molar-refractivity contribution in [3.63, 3.8) is 0 Å². The van der Waals surface area contributed by atoms with E-state index in [9.17, 15) is 4.79 Å². The van der Waals surface area contributed by atoms with Crippen LogP contribution in [0.1, 0.15) is 30.1 Å². The molecule has 0 saturated heterocycles. The molecule has 0 aliphatic heterocycles. The van der Waals surface area contributed by atoms with Crippen molar-refractivity contribution in [1.29, 1.82) is 0 Å². The van der Waals surface area contributed by atoms with Crippen molar-refractivity contribution in [2.75, 3.05) is 0 Å². The number of hydrogen-bond acceptors (Lipinski definition) is 4. The molecule has 2 heterocycles. The van der Waals surface area contributed by atoms with Crippen LogP contribution < -0.4 is 10.3 Å². The highest BCUT2D eigenvalue weighted by Crippen LogP contribution is 2.39. The number of nitrogens with zero attached hydrogens (tertiary/aromatic N) is 3. The van der Waals surface area contributed by atoms with E-state index in [1.165, 1.54) is 0 Å². The molecule has 0 spiro atoms. The number of benzene rings is 2. The van der Waals surface area contributed by atoms with Gasteiger partial charge in [0.05, 0.1) is 11.1 Å². The fourth-order valence-corrected chi connectivity index (χ4v) is 3.33. The number of pyridine rings is 1. The summed E-state index contributed by atoms with van der Waals surface area (Å²) in [5.74, 6) is 1.89. The molecule has 1 fully saturated rings. The van der Waals surface area contributed by atoms with Crippen LogP contribution in [0.4, 0.5) is 0 Å². The zero-order valence-corrected chi connectivity index (χ0v) is 15.3. The molecule has 1 aliphatic rings. The Labute approximate surface area is 162 Å². The molecule has 1 saturated carbocycles. The summed E-state index contributed by atoms with van der Waals surface area (Å²) in [7, 11) is 0. The van der Waals surface area contributed by atoms with Gasteiger partial charge in [-0.1, -0.05) is 30.3 Å². The van der Waals surface area contributed by atoms with Gasteiger partial charge in [0.15, 0.2) is 5.65 Å². The maximum Gasteiger partial charge on any atom is 0.267 e. The molecule has 0 bridgehead atoms. The van der Waals surface area contributed by atoms with Gasteiger partial charge >= 0.3 is 0 Å². The second-order valence-corrected chi connectivity index (χ2v) is 7.03. The van der Waals surface area contributed by atoms with Gasteiger partial charge in [0.25, 0.3) is 5.56 Å². The van der Waals surface area contributed by atoms with E-state index < -0.39 is 0 Å². The van der Waals surface area contributed by atoms with Crippen LogP contribution in [-0.4, -0.2) is 14.5 Å². The smallest absolute Gasteiger partial charge is 0.267 e. The van der Waals surface area contributed by atoms with Crippen molar-refractivity contribution in [1.82, 2.24) is 14.5 Å². The molecule has 0 radical (unpaired) electrons. The molecular formula is C23H19N3O2. The molecule has 1 aliphatic carbocycles. The van der Waals surface area contributed by atoms with Crippen LogP contribution in [0.5, 0.6) is 5.75 Å². The maximum absolute atomic E-state index is 13.1. The van der Waals surface area contributed by atoms with Crippen LogP contribution >= 0.6 is 0 Å². The summed E-state index contributed by atoms with van der Waals surface area (Å²) >= 11 is 0. The highest BCUT2D eigenvalue weighted by atomic mass is 16.5.